The van der Waals surface area contributed by atoms with Crippen molar-refractivity contribution in [1.82, 2.24) is 9.47 Å². The number of fused-ring (bicyclic) bond motifs is 3. The first-order valence-corrected chi connectivity index (χ1v) is 9.32. The lowest BCUT2D eigenvalue weighted by Crippen LogP contribution is -2.43. The number of aromatic nitrogens is 1. The molecule has 0 N–H and O–H groups in total. The highest BCUT2D eigenvalue weighted by molar-refractivity contribution is 6.07. The average Bonchev–Trinajstić information content (AvgIpc) is 2.96. The van der Waals surface area contributed by atoms with Crippen LogP contribution in [0.15, 0.2) is 47.8 Å². The predicted molar refractivity (Wildman–Crippen MR) is 103 cm³/mol. The van der Waals surface area contributed by atoms with E-state index in [4.69, 9.17) is 0 Å². The van der Waals surface area contributed by atoms with Gasteiger partial charge in [0.05, 0.1) is 10.9 Å². The molecular weight excluding hydrogens is 346 g/mol. The first-order valence-electron chi connectivity index (χ1n) is 9.32. The van der Waals surface area contributed by atoms with Crippen molar-refractivity contribution < 1.29 is 8.78 Å². The lowest BCUT2D eigenvalue weighted by molar-refractivity contribution is 0.164. The fraction of sp³-hybridized carbons (Fsp3) is 0.318. The van der Waals surface area contributed by atoms with Crippen LogP contribution in [0.3, 0.4) is 0 Å². The van der Waals surface area contributed by atoms with Crippen molar-refractivity contribution in [3.8, 4) is 0 Å². The highest BCUT2D eigenvalue weighted by Crippen LogP contribution is 2.46. The fourth-order valence-electron chi connectivity index (χ4n) is 5.01. The van der Waals surface area contributed by atoms with Gasteiger partial charge in [-0.05, 0) is 55.1 Å². The van der Waals surface area contributed by atoms with Gasteiger partial charge < -0.3 is 4.57 Å². The molecule has 1 fully saturated rings. The fourth-order valence-corrected chi connectivity index (χ4v) is 5.01. The van der Waals surface area contributed by atoms with Gasteiger partial charge in [0.25, 0.3) is 5.56 Å². The van der Waals surface area contributed by atoms with Gasteiger partial charge in [0, 0.05) is 23.9 Å². The summed E-state index contributed by atoms with van der Waals surface area (Å²) in [6, 6.07) is 7.59. The van der Waals surface area contributed by atoms with Crippen LogP contribution in [-0.2, 0) is 12.0 Å². The monoisotopic (exact) mass is 366 g/mol. The van der Waals surface area contributed by atoms with Crippen LogP contribution in [0.1, 0.15) is 18.4 Å². The van der Waals surface area contributed by atoms with Crippen molar-refractivity contribution in [3.63, 3.8) is 0 Å². The number of nitrogens with zero attached hydrogens (tertiary/aromatic N) is 2. The summed E-state index contributed by atoms with van der Waals surface area (Å²) in [5.41, 5.74) is 1.10. The molecule has 0 atom stereocenters. The number of halogens is 2. The second-order valence-corrected chi connectivity index (χ2v) is 7.77. The van der Waals surface area contributed by atoms with Gasteiger partial charge in [0.2, 0.25) is 0 Å². The van der Waals surface area contributed by atoms with Crippen molar-refractivity contribution in [3.05, 3.63) is 70.5 Å². The van der Waals surface area contributed by atoms with Gasteiger partial charge in [-0.15, -0.1) is 6.58 Å². The molecule has 0 bridgehead atoms. The zero-order chi connectivity index (χ0) is 18.8. The molecule has 3 aromatic rings. The molecule has 0 saturated carbocycles. The van der Waals surface area contributed by atoms with Gasteiger partial charge in [-0.2, -0.15) is 0 Å². The molecule has 0 amide bonds. The first kappa shape index (κ1) is 16.6. The lowest BCUT2D eigenvalue weighted by atomic mass is 9.74. The minimum Gasteiger partial charge on any atom is -0.306 e. The Hall–Kier alpha value is -2.53. The molecule has 0 unspecified atom stereocenters. The summed E-state index contributed by atoms with van der Waals surface area (Å²) in [6.45, 7) is 6.87. The minimum atomic E-state index is -0.546. The van der Waals surface area contributed by atoms with Crippen LogP contribution in [0, 0.1) is 11.6 Å². The summed E-state index contributed by atoms with van der Waals surface area (Å²) in [7, 11) is 0. The van der Waals surface area contributed by atoms with Crippen LogP contribution in [0.2, 0.25) is 0 Å². The Kier molecular flexibility index (Phi) is 3.53. The molecule has 2 aromatic carbocycles. The molecule has 1 spiro atoms. The van der Waals surface area contributed by atoms with Gasteiger partial charge in [-0.25, -0.2) is 8.78 Å². The molecule has 0 radical (unpaired) electrons. The van der Waals surface area contributed by atoms with E-state index in [9.17, 15) is 13.6 Å². The SMILES string of the molecule is C=CCN1CCC2(CC1)Cn1c(=O)c3c(F)cccc3c3cc(F)cc2c31. The predicted octanol–water partition coefficient (Wildman–Crippen LogP) is 3.97. The number of pyridine rings is 1. The van der Waals surface area contributed by atoms with Crippen molar-refractivity contribution in [2.75, 3.05) is 19.6 Å². The maximum absolute atomic E-state index is 14.6. The van der Waals surface area contributed by atoms with Gasteiger partial charge in [0.15, 0.2) is 0 Å². The summed E-state index contributed by atoms with van der Waals surface area (Å²) >= 11 is 0. The molecule has 2 aliphatic rings. The number of hydrogen-bond acceptors (Lipinski definition) is 2. The lowest BCUT2D eigenvalue weighted by Gasteiger charge is -2.39. The van der Waals surface area contributed by atoms with Crippen LogP contribution in [0.4, 0.5) is 8.78 Å². The summed E-state index contributed by atoms with van der Waals surface area (Å²) < 4.78 is 30.7. The number of piperidine rings is 1. The Morgan fingerprint density at radius 2 is 1.93 bits per heavy atom. The Balaban J connectivity index is 1.78. The van der Waals surface area contributed by atoms with Crippen molar-refractivity contribution in [2.24, 2.45) is 0 Å². The normalized spacial score (nSPS) is 18.6. The van der Waals surface area contributed by atoms with E-state index in [0.717, 1.165) is 43.6 Å². The van der Waals surface area contributed by atoms with Crippen molar-refractivity contribution >= 4 is 21.7 Å². The number of rotatable bonds is 2. The largest absolute Gasteiger partial charge is 0.306 e. The quantitative estimate of drug-likeness (QED) is 0.507. The summed E-state index contributed by atoms with van der Waals surface area (Å²) in [5, 5.41) is 1.18. The Labute approximate surface area is 155 Å². The Bertz CT molecular complexity index is 1160. The van der Waals surface area contributed by atoms with Gasteiger partial charge in [0.1, 0.15) is 11.6 Å². The molecule has 3 nitrogen and oxygen atoms in total. The third-order valence-corrected chi connectivity index (χ3v) is 6.34. The van der Waals surface area contributed by atoms with E-state index in [1.807, 2.05) is 6.08 Å². The Morgan fingerprint density at radius 1 is 1.15 bits per heavy atom. The minimum absolute atomic E-state index is 0.0580. The summed E-state index contributed by atoms with van der Waals surface area (Å²) in [6.07, 6.45) is 3.58. The topological polar surface area (TPSA) is 25.2 Å². The van der Waals surface area contributed by atoms with E-state index >= 15 is 0 Å². The van der Waals surface area contributed by atoms with Crippen molar-refractivity contribution in [2.45, 2.75) is 24.8 Å². The smallest absolute Gasteiger partial charge is 0.261 e. The number of benzene rings is 2. The first-order chi connectivity index (χ1) is 13.0. The Morgan fingerprint density at radius 3 is 2.67 bits per heavy atom. The van der Waals surface area contributed by atoms with Gasteiger partial charge >= 0.3 is 0 Å². The molecule has 5 rings (SSSR count). The van der Waals surface area contributed by atoms with Crippen LogP contribution in [0.25, 0.3) is 21.7 Å². The second kappa shape index (κ2) is 5.73. The number of likely N-dealkylation sites (tertiary alicyclic amines) is 1. The molecule has 1 aromatic heterocycles. The van der Waals surface area contributed by atoms with E-state index in [-0.39, 0.29) is 22.2 Å². The summed E-state index contributed by atoms with van der Waals surface area (Å²) in [4.78, 5) is 15.4. The molecule has 5 heteroatoms. The maximum atomic E-state index is 14.6. The highest BCUT2D eigenvalue weighted by Gasteiger charge is 2.43. The zero-order valence-electron chi connectivity index (χ0n) is 15.0. The standard InChI is InChI=1S/C22H20F2N2O/c1-2-8-25-9-6-22(7-10-25)13-26-20-16(11-14(23)12-17(20)22)15-4-3-5-18(24)19(15)21(26)27/h2-5,11-12H,1,6-10,13H2. The van der Waals surface area contributed by atoms with E-state index < -0.39 is 5.82 Å². The van der Waals surface area contributed by atoms with Crippen LogP contribution in [-0.4, -0.2) is 29.1 Å². The van der Waals surface area contributed by atoms with E-state index in [1.165, 1.54) is 12.1 Å². The number of hydrogen-bond donors (Lipinski definition) is 0. The highest BCUT2D eigenvalue weighted by atomic mass is 19.1. The molecule has 0 aliphatic carbocycles. The molecule has 27 heavy (non-hydrogen) atoms. The molecular formula is C22H20F2N2O. The van der Waals surface area contributed by atoms with Crippen molar-refractivity contribution in [1.29, 1.82) is 0 Å². The zero-order valence-corrected chi connectivity index (χ0v) is 15.0. The van der Waals surface area contributed by atoms with Gasteiger partial charge in [-0.1, -0.05) is 18.2 Å². The third-order valence-electron chi connectivity index (χ3n) is 6.34. The van der Waals surface area contributed by atoms with E-state index in [0.29, 0.717) is 17.3 Å². The maximum Gasteiger partial charge on any atom is 0.261 e. The van der Waals surface area contributed by atoms with Crippen LogP contribution >= 0.6 is 0 Å². The summed E-state index contributed by atoms with van der Waals surface area (Å²) in [5.74, 6) is -0.876. The van der Waals surface area contributed by atoms with Crippen LogP contribution in [0.5, 0.6) is 0 Å². The van der Waals surface area contributed by atoms with E-state index in [1.54, 1.807) is 22.8 Å². The van der Waals surface area contributed by atoms with Crippen LogP contribution < -0.4 is 5.56 Å². The molecule has 138 valence electrons. The van der Waals surface area contributed by atoms with Gasteiger partial charge in [-0.3, -0.25) is 9.69 Å². The molecule has 1 saturated heterocycles. The van der Waals surface area contributed by atoms with E-state index in [2.05, 4.69) is 11.5 Å². The second-order valence-electron chi connectivity index (χ2n) is 7.77. The molecule has 3 heterocycles. The average molecular weight is 366 g/mol. The molecule has 2 aliphatic heterocycles. The third kappa shape index (κ3) is 2.24.